The molecule has 0 N–H and O–H groups in total. The van der Waals surface area contributed by atoms with E-state index in [1.165, 1.54) is 0 Å². The molecule has 0 aliphatic heterocycles. The van der Waals surface area contributed by atoms with Crippen molar-refractivity contribution in [3.05, 3.63) is 0 Å². The van der Waals surface area contributed by atoms with Gasteiger partial charge < -0.3 is 14.2 Å². The van der Waals surface area contributed by atoms with Crippen LogP contribution in [0.3, 0.4) is 0 Å². The summed E-state index contributed by atoms with van der Waals surface area (Å²) in [5.41, 5.74) is 0. The van der Waals surface area contributed by atoms with Crippen LogP contribution in [0.4, 0.5) is 0 Å². The van der Waals surface area contributed by atoms with Gasteiger partial charge >= 0.3 is 0 Å². The second-order valence-corrected chi connectivity index (χ2v) is 2.28. The number of methoxy groups -OCH3 is 2. The van der Waals surface area contributed by atoms with Gasteiger partial charge in [-0.1, -0.05) is 13.8 Å². The predicted molar refractivity (Wildman–Crippen MR) is 43.3 cm³/mol. The molecular formula is C8H18O3. The van der Waals surface area contributed by atoms with Gasteiger partial charge in [0.2, 0.25) is 0 Å². The van der Waals surface area contributed by atoms with E-state index in [0.29, 0.717) is 0 Å². The molecule has 0 bridgehead atoms. The van der Waals surface area contributed by atoms with Crippen molar-refractivity contribution in [3.63, 3.8) is 0 Å². The number of ether oxygens (including phenoxy) is 3. The fourth-order valence-electron chi connectivity index (χ4n) is 0.806. The molecule has 0 fully saturated rings. The molecule has 0 saturated heterocycles. The standard InChI is InChI=1S/C8H18O3/c1-5-7(9-3)11-8(6-2)10-4/h7-8H,5-6H2,1-4H3. The fraction of sp³-hybridized carbons (Fsp3) is 1.00. The van der Waals surface area contributed by atoms with Crippen LogP contribution in [-0.2, 0) is 14.2 Å². The van der Waals surface area contributed by atoms with Gasteiger partial charge in [-0.05, 0) is 12.8 Å². The minimum Gasteiger partial charge on any atom is -0.356 e. The summed E-state index contributed by atoms with van der Waals surface area (Å²) in [7, 11) is 3.27. The van der Waals surface area contributed by atoms with E-state index in [0.717, 1.165) is 12.8 Å². The molecular weight excluding hydrogens is 144 g/mol. The summed E-state index contributed by atoms with van der Waals surface area (Å²) in [5, 5.41) is 0. The zero-order chi connectivity index (χ0) is 8.69. The zero-order valence-corrected chi connectivity index (χ0v) is 7.79. The van der Waals surface area contributed by atoms with Gasteiger partial charge in [0.15, 0.2) is 12.6 Å². The minimum atomic E-state index is -0.139. The van der Waals surface area contributed by atoms with Crippen molar-refractivity contribution in [1.82, 2.24) is 0 Å². The van der Waals surface area contributed by atoms with E-state index in [2.05, 4.69) is 0 Å². The largest absolute Gasteiger partial charge is 0.356 e. The highest BCUT2D eigenvalue weighted by molar-refractivity contribution is 4.42. The highest BCUT2D eigenvalue weighted by atomic mass is 16.8. The summed E-state index contributed by atoms with van der Waals surface area (Å²) < 4.78 is 15.5. The Labute approximate surface area is 68.6 Å². The van der Waals surface area contributed by atoms with Gasteiger partial charge in [0.25, 0.3) is 0 Å². The molecule has 11 heavy (non-hydrogen) atoms. The van der Waals surface area contributed by atoms with Crippen molar-refractivity contribution >= 4 is 0 Å². The third kappa shape index (κ3) is 4.35. The van der Waals surface area contributed by atoms with Crippen molar-refractivity contribution in [3.8, 4) is 0 Å². The topological polar surface area (TPSA) is 27.7 Å². The Morgan fingerprint density at radius 3 is 1.45 bits per heavy atom. The predicted octanol–water partition coefficient (Wildman–Crippen LogP) is 1.77. The van der Waals surface area contributed by atoms with Crippen LogP contribution >= 0.6 is 0 Å². The molecule has 0 aromatic rings. The first kappa shape index (κ1) is 10.9. The zero-order valence-electron chi connectivity index (χ0n) is 7.79. The second-order valence-electron chi connectivity index (χ2n) is 2.28. The average Bonchev–Trinajstić information content (AvgIpc) is 2.07. The summed E-state index contributed by atoms with van der Waals surface area (Å²) in [4.78, 5) is 0. The van der Waals surface area contributed by atoms with Crippen LogP contribution < -0.4 is 0 Å². The lowest BCUT2D eigenvalue weighted by Gasteiger charge is -2.20. The van der Waals surface area contributed by atoms with Gasteiger partial charge in [0, 0.05) is 14.2 Å². The Morgan fingerprint density at radius 1 is 0.909 bits per heavy atom. The monoisotopic (exact) mass is 162 g/mol. The number of rotatable bonds is 6. The minimum absolute atomic E-state index is 0.139. The van der Waals surface area contributed by atoms with Crippen molar-refractivity contribution < 1.29 is 14.2 Å². The van der Waals surface area contributed by atoms with E-state index in [9.17, 15) is 0 Å². The molecule has 2 unspecified atom stereocenters. The summed E-state index contributed by atoms with van der Waals surface area (Å²) >= 11 is 0. The summed E-state index contributed by atoms with van der Waals surface area (Å²) in [6, 6.07) is 0. The molecule has 0 heterocycles. The van der Waals surface area contributed by atoms with E-state index in [1.807, 2.05) is 13.8 Å². The molecule has 0 aliphatic carbocycles. The molecule has 0 rings (SSSR count). The van der Waals surface area contributed by atoms with Gasteiger partial charge in [-0.15, -0.1) is 0 Å². The Hall–Kier alpha value is -0.120. The normalized spacial score (nSPS) is 16.4. The molecule has 68 valence electrons. The Bertz CT molecular complexity index is 67.4. The molecule has 0 aromatic carbocycles. The second kappa shape index (κ2) is 6.58. The van der Waals surface area contributed by atoms with Crippen LogP contribution in [0.5, 0.6) is 0 Å². The van der Waals surface area contributed by atoms with E-state index >= 15 is 0 Å². The highest BCUT2D eigenvalue weighted by Crippen LogP contribution is 2.06. The van der Waals surface area contributed by atoms with E-state index in [1.54, 1.807) is 14.2 Å². The molecule has 3 heteroatoms. The lowest BCUT2D eigenvalue weighted by atomic mass is 10.4. The lowest BCUT2D eigenvalue weighted by molar-refractivity contribution is -0.230. The van der Waals surface area contributed by atoms with Crippen LogP contribution in [0.2, 0.25) is 0 Å². The molecule has 0 aliphatic rings. The molecule has 0 amide bonds. The van der Waals surface area contributed by atoms with Crippen LogP contribution in [0, 0.1) is 0 Å². The average molecular weight is 162 g/mol. The maximum Gasteiger partial charge on any atom is 0.160 e. The van der Waals surface area contributed by atoms with Gasteiger partial charge in [0.1, 0.15) is 0 Å². The molecule has 2 atom stereocenters. The van der Waals surface area contributed by atoms with Gasteiger partial charge in [-0.3, -0.25) is 0 Å². The van der Waals surface area contributed by atoms with Gasteiger partial charge in [-0.25, -0.2) is 0 Å². The molecule has 0 saturated carbocycles. The van der Waals surface area contributed by atoms with E-state index in [-0.39, 0.29) is 12.6 Å². The van der Waals surface area contributed by atoms with Crippen LogP contribution in [0.15, 0.2) is 0 Å². The molecule has 0 spiro atoms. The Balaban J connectivity index is 3.58. The van der Waals surface area contributed by atoms with Crippen molar-refractivity contribution in [1.29, 1.82) is 0 Å². The molecule has 0 radical (unpaired) electrons. The Morgan fingerprint density at radius 2 is 1.27 bits per heavy atom. The van der Waals surface area contributed by atoms with Crippen LogP contribution in [-0.4, -0.2) is 26.8 Å². The molecule has 3 nitrogen and oxygen atoms in total. The summed E-state index contributed by atoms with van der Waals surface area (Å²) in [6.45, 7) is 4.02. The van der Waals surface area contributed by atoms with E-state index < -0.39 is 0 Å². The van der Waals surface area contributed by atoms with Gasteiger partial charge in [-0.2, -0.15) is 0 Å². The first-order valence-corrected chi connectivity index (χ1v) is 3.99. The lowest BCUT2D eigenvalue weighted by Crippen LogP contribution is -2.23. The fourth-order valence-corrected chi connectivity index (χ4v) is 0.806. The van der Waals surface area contributed by atoms with Gasteiger partial charge in [0.05, 0.1) is 0 Å². The van der Waals surface area contributed by atoms with Crippen molar-refractivity contribution in [2.45, 2.75) is 39.3 Å². The third-order valence-corrected chi connectivity index (χ3v) is 1.50. The van der Waals surface area contributed by atoms with Crippen LogP contribution in [0.25, 0.3) is 0 Å². The summed E-state index contributed by atoms with van der Waals surface area (Å²) in [6.07, 6.45) is 1.41. The third-order valence-electron chi connectivity index (χ3n) is 1.50. The number of hydrogen-bond donors (Lipinski definition) is 0. The first-order chi connectivity index (χ1) is 5.28. The van der Waals surface area contributed by atoms with Crippen molar-refractivity contribution in [2.75, 3.05) is 14.2 Å². The first-order valence-electron chi connectivity index (χ1n) is 3.99. The maximum absolute atomic E-state index is 5.40. The molecule has 0 aromatic heterocycles. The van der Waals surface area contributed by atoms with Crippen molar-refractivity contribution in [2.24, 2.45) is 0 Å². The maximum atomic E-state index is 5.40. The van der Waals surface area contributed by atoms with Crippen LogP contribution in [0.1, 0.15) is 26.7 Å². The SMILES string of the molecule is CCC(OC)OC(CC)OC. The van der Waals surface area contributed by atoms with E-state index in [4.69, 9.17) is 14.2 Å². The smallest absolute Gasteiger partial charge is 0.160 e. The highest BCUT2D eigenvalue weighted by Gasteiger charge is 2.11. The number of hydrogen-bond acceptors (Lipinski definition) is 3. The quantitative estimate of drug-likeness (QED) is 0.557. The Kier molecular flexibility index (Phi) is 6.51. The summed E-state index contributed by atoms with van der Waals surface area (Å²) in [5.74, 6) is 0.